The highest BCUT2D eigenvalue weighted by atomic mass is 32.1. The summed E-state index contributed by atoms with van der Waals surface area (Å²) in [5.41, 5.74) is 8.03. The van der Waals surface area contributed by atoms with Crippen LogP contribution < -0.4 is 10.5 Å². The zero-order valence-electron chi connectivity index (χ0n) is 13.8. The van der Waals surface area contributed by atoms with Crippen LogP contribution in [0.3, 0.4) is 0 Å². The lowest BCUT2D eigenvalue weighted by Gasteiger charge is -2.34. The molecule has 1 amide bonds. The average Bonchev–Trinajstić information content (AvgIpc) is 3.35. The number of likely N-dealkylation sites (tertiary alicyclic amines) is 1. The molecule has 5 heteroatoms. The maximum Gasteiger partial charge on any atom is 0.265 e. The van der Waals surface area contributed by atoms with Crippen LogP contribution in [0, 0.1) is 5.92 Å². The smallest absolute Gasteiger partial charge is 0.265 e. The Hall–Kier alpha value is -1.85. The van der Waals surface area contributed by atoms with E-state index in [2.05, 4.69) is 4.90 Å². The van der Waals surface area contributed by atoms with E-state index in [-0.39, 0.29) is 11.9 Å². The Morgan fingerprint density at radius 3 is 2.79 bits per heavy atom. The topological polar surface area (TPSA) is 55.6 Å². The van der Waals surface area contributed by atoms with E-state index in [1.54, 1.807) is 7.11 Å². The molecule has 24 heavy (non-hydrogen) atoms. The summed E-state index contributed by atoms with van der Waals surface area (Å²) in [6, 6.07) is 10.5. The van der Waals surface area contributed by atoms with E-state index in [0.717, 1.165) is 34.6 Å². The van der Waals surface area contributed by atoms with Crippen LogP contribution in [0.25, 0.3) is 11.1 Å². The van der Waals surface area contributed by atoms with Crippen LogP contribution in [0.5, 0.6) is 5.75 Å². The third kappa shape index (κ3) is 2.43. The molecule has 1 saturated carbocycles. The number of carbonyl (C=O) groups is 1. The average molecular weight is 342 g/mol. The Balaban J connectivity index is 1.65. The molecule has 0 spiro atoms. The van der Waals surface area contributed by atoms with Crippen LogP contribution in [0.15, 0.2) is 35.7 Å². The number of piperidine rings is 1. The molecule has 2 N–H and O–H groups in total. The molecule has 1 aromatic carbocycles. The molecule has 1 aliphatic heterocycles. The number of hydrogen-bond acceptors (Lipinski definition) is 4. The molecular weight excluding hydrogens is 320 g/mol. The van der Waals surface area contributed by atoms with Crippen LogP contribution in [0.2, 0.25) is 0 Å². The van der Waals surface area contributed by atoms with Crippen molar-refractivity contribution in [3.8, 4) is 16.9 Å². The Bertz CT molecular complexity index is 740. The summed E-state index contributed by atoms with van der Waals surface area (Å²) < 4.78 is 5.22. The molecule has 2 aromatic rings. The third-order valence-electron chi connectivity index (χ3n) is 5.48. The standard InChI is InChI=1S/C19H22N2O2S/c1-23-15-6-3-12(4-7-15)16-8-9-24-18(16)19(22)21-14-5-2-13(10-14)17(21)11-20/h3-4,6-9,13-14,17H,2,5,10-11,20H2,1H3/t13-,14+,17+/m0/s1. The van der Waals surface area contributed by atoms with Crippen molar-refractivity contribution < 1.29 is 9.53 Å². The molecule has 4 nitrogen and oxygen atoms in total. The predicted octanol–water partition coefficient (Wildman–Crippen LogP) is 3.38. The van der Waals surface area contributed by atoms with Crippen LogP contribution in [0.1, 0.15) is 28.9 Å². The van der Waals surface area contributed by atoms with E-state index < -0.39 is 0 Å². The van der Waals surface area contributed by atoms with Gasteiger partial charge in [0.1, 0.15) is 5.75 Å². The van der Waals surface area contributed by atoms with Gasteiger partial charge in [-0.2, -0.15) is 0 Å². The fourth-order valence-electron chi connectivity index (χ4n) is 4.30. The number of nitrogens with two attached hydrogens (primary N) is 1. The first-order valence-electron chi connectivity index (χ1n) is 8.47. The zero-order valence-corrected chi connectivity index (χ0v) is 14.6. The second kappa shape index (κ2) is 6.22. The SMILES string of the molecule is COc1ccc(-c2ccsc2C(=O)N2[C@@H]3CC[C@@H](C3)[C@H]2CN)cc1. The number of nitrogens with zero attached hydrogens (tertiary/aromatic N) is 1. The van der Waals surface area contributed by atoms with Gasteiger partial charge in [-0.05, 0) is 54.3 Å². The highest BCUT2D eigenvalue weighted by Gasteiger charge is 2.47. The molecule has 0 unspecified atom stereocenters. The van der Waals surface area contributed by atoms with E-state index in [1.165, 1.54) is 17.8 Å². The van der Waals surface area contributed by atoms with Gasteiger partial charge in [-0.1, -0.05) is 12.1 Å². The van der Waals surface area contributed by atoms with Crippen molar-refractivity contribution in [3.63, 3.8) is 0 Å². The number of thiophene rings is 1. The van der Waals surface area contributed by atoms with Gasteiger partial charge in [-0.3, -0.25) is 4.79 Å². The Morgan fingerprint density at radius 2 is 2.08 bits per heavy atom. The highest BCUT2D eigenvalue weighted by Crippen LogP contribution is 2.44. The van der Waals surface area contributed by atoms with Gasteiger partial charge in [0.25, 0.3) is 5.91 Å². The summed E-state index contributed by atoms with van der Waals surface area (Å²) in [5, 5.41) is 2.00. The minimum atomic E-state index is 0.151. The molecule has 126 valence electrons. The molecule has 2 heterocycles. The van der Waals surface area contributed by atoms with E-state index in [4.69, 9.17) is 10.5 Å². The van der Waals surface area contributed by atoms with Crippen LogP contribution >= 0.6 is 11.3 Å². The minimum absolute atomic E-state index is 0.151. The Kier molecular flexibility index (Phi) is 4.06. The van der Waals surface area contributed by atoms with Crippen LogP contribution in [0.4, 0.5) is 0 Å². The molecular formula is C19H22N2O2S. The van der Waals surface area contributed by atoms with Gasteiger partial charge in [0.2, 0.25) is 0 Å². The first-order valence-corrected chi connectivity index (χ1v) is 9.35. The quantitative estimate of drug-likeness (QED) is 0.927. The fraction of sp³-hybridized carbons (Fsp3) is 0.421. The van der Waals surface area contributed by atoms with Gasteiger partial charge < -0.3 is 15.4 Å². The number of ether oxygens (including phenoxy) is 1. The fourth-order valence-corrected chi connectivity index (χ4v) is 5.16. The van der Waals surface area contributed by atoms with Crippen molar-refractivity contribution in [2.75, 3.05) is 13.7 Å². The second-order valence-electron chi connectivity index (χ2n) is 6.63. The van der Waals surface area contributed by atoms with Crippen molar-refractivity contribution in [1.29, 1.82) is 0 Å². The third-order valence-corrected chi connectivity index (χ3v) is 6.38. The summed E-state index contributed by atoms with van der Waals surface area (Å²) in [4.78, 5) is 16.1. The predicted molar refractivity (Wildman–Crippen MR) is 96.4 cm³/mol. The summed E-state index contributed by atoms with van der Waals surface area (Å²) in [5.74, 6) is 1.56. The molecule has 0 radical (unpaired) electrons. The molecule has 3 atom stereocenters. The number of amides is 1. The lowest BCUT2D eigenvalue weighted by Crippen LogP contribution is -2.48. The number of rotatable bonds is 4. The van der Waals surface area contributed by atoms with Crippen molar-refractivity contribution in [3.05, 3.63) is 40.6 Å². The maximum atomic E-state index is 13.2. The number of hydrogen-bond donors (Lipinski definition) is 1. The van der Waals surface area contributed by atoms with Gasteiger partial charge in [-0.15, -0.1) is 11.3 Å². The van der Waals surface area contributed by atoms with Gasteiger partial charge in [0.05, 0.1) is 12.0 Å². The summed E-state index contributed by atoms with van der Waals surface area (Å²) in [6.45, 7) is 0.566. The van der Waals surface area contributed by atoms with Crippen molar-refractivity contribution in [2.24, 2.45) is 11.7 Å². The first kappa shape index (κ1) is 15.7. The highest BCUT2D eigenvalue weighted by molar-refractivity contribution is 7.12. The second-order valence-corrected chi connectivity index (χ2v) is 7.55. The summed E-state index contributed by atoms with van der Waals surface area (Å²) in [7, 11) is 1.66. The van der Waals surface area contributed by atoms with Crippen LogP contribution in [-0.2, 0) is 0 Å². The van der Waals surface area contributed by atoms with Crippen molar-refractivity contribution >= 4 is 17.2 Å². The van der Waals surface area contributed by atoms with Gasteiger partial charge in [0.15, 0.2) is 0 Å². The van der Waals surface area contributed by atoms with E-state index >= 15 is 0 Å². The summed E-state index contributed by atoms with van der Waals surface area (Å²) >= 11 is 1.53. The molecule has 1 aliphatic carbocycles. The largest absolute Gasteiger partial charge is 0.497 e. The van der Waals surface area contributed by atoms with E-state index in [0.29, 0.717) is 18.5 Å². The van der Waals surface area contributed by atoms with Crippen molar-refractivity contribution in [2.45, 2.75) is 31.3 Å². The number of fused-ring (bicyclic) bond motifs is 2. The minimum Gasteiger partial charge on any atom is -0.497 e. The monoisotopic (exact) mass is 342 g/mol. The van der Waals surface area contributed by atoms with Gasteiger partial charge in [0, 0.05) is 24.2 Å². The van der Waals surface area contributed by atoms with Crippen LogP contribution in [-0.4, -0.2) is 36.5 Å². The number of benzene rings is 1. The maximum absolute atomic E-state index is 13.2. The number of methoxy groups -OCH3 is 1. The molecule has 1 saturated heterocycles. The lowest BCUT2D eigenvalue weighted by molar-refractivity contribution is 0.0608. The normalized spacial score (nSPS) is 25.2. The first-order chi connectivity index (χ1) is 11.7. The molecule has 1 aromatic heterocycles. The van der Waals surface area contributed by atoms with E-state index in [1.807, 2.05) is 35.7 Å². The zero-order chi connectivity index (χ0) is 16.7. The molecule has 2 fully saturated rings. The van der Waals surface area contributed by atoms with Gasteiger partial charge >= 0.3 is 0 Å². The Labute approximate surface area is 146 Å². The Morgan fingerprint density at radius 1 is 1.29 bits per heavy atom. The summed E-state index contributed by atoms with van der Waals surface area (Å²) in [6.07, 6.45) is 3.46. The molecule has 2 bridgehead atoms. The molecule has 4 rings (SSSR count). The number of carbonyl (C=O) groups excluding carboxylic acids is 1. The van der Waals surface area contributed by atoms with Crippen molar-refractivity contribution in [1.82, 2.24) is 4.90 Å². The van der Waals surface area contributed by atoms with E-state index in [9.17, 15) is 4.79 Å². The van der Waals surface area contributed by atoms with Gasteiger partial charge in [-0.25, -0.2) is 0 Å². The lowest BCUT2D eigenvalue weighted by atomic mass is 9.98. The molecule has 2 aliphatic rings.